The summed E-state index contributed by atoms with van der Waals surface area (Å²) in [6.07, 6.45) is 4.57. The Labute approximate surface area is 117 Å². The molecule has 7 heteroatoms. The number of hydrogen-bond donors (Lipinski definition) is 2. The summed E-state index contributed by atoms with van der Waals surface area (Å²) in [5.74, 6) is -0.00644. The van der Waals surface area contributed by atoms with Crippen LogP contribution in [0.15, 0.2) is 12.4 Å². The molecule has 0 aromatic carbocycles. The minimum atomic E-state index is -0.00644. The van der Waals surface area contributed by atoms with Gasteiger partial charge in [0.05, 0.1) is 24.1 Å². The molecule has 3 rings (SSSR count). The van der Waals surface area contributed by atoms with Gasteiger partial charge in [-0.25, -0.2) is 0 Å². The third kappa shape index (κ3) is 2.57. The van der Waals surface area contributed by atoms with Crippen LogP contribution in [0.25, 0.3) is 0 Å². The number of aromatic amines is 1. The van der Waals surface area contributed by atoms with E-state index in [2.05, 4.69) is 25.5 Å². The molecule has 20 heavy (non-hydrogen) atoms. The Hall–Kier alpha value is -2.15. The zero-order valence-corrected chi connectivity index (χ0v) is 11.7. The SMILES string of the molecule is Cc1nn(C)cc1NC(=O)CN1CCc2[nH]ncc2C1. The smallest absolute Gasteiger partial charge is 0.238 e. The van der Waals surface area contributed by atoms with Crippen LogP contribution in [-0.2, 0) is 24.8 Å². The van der Waals surface area contributed by atoms with Crippen LogP contribution in [0, 0.1) is 6.92 Å². The number of rotatable bonds is 3. The Morgan fingerprint density at radius 3 is 3.15 bits per heavy atom. The first-order valence-corrected chi connectivity index (χ1v) is 6.65. The van der Waals surface area contributed by atoms with Gasteiger partial charge in [0.1, 0.15) is 0 Å². The highest BCUT2D eigenvalue weighted by atomic mass is 16.2. The first-order chi connectivity index (χ1) is 9.61. The molecule has 1 amide bonds. The van der Waals surface area contributed by atoms with E-state index < -0.39 is 0 Å². The lowest BCUT2D eigenvalue weighted by Crippen LogP contribution is -2.36. The van der Waals surface area contributed by atoms with Gasteiger partial charge in [0.25, 0.3) is 0 Å². The van der Waals surface area contributed by atoms with Crippen molar-refractivity contribution < 1.29 is 4.79 Å². The summed E-state index contributed by atoms with van der Waals surface area (Å²) in [6.45, 7) is 3.91. The predicted octanol–water partition coefficient (Wildman–Crippen LogP) is 0.448. The summed E-state index contributed by atoms with van der Waals surface area (Å²) in [6, 6.07) is 0. The highest BCUT2D eigenvalue weighted by Crippen LogP contribution is 2.16. The molecule has 0 radical (unpaired) electrons. The van der Waals surface area contributed by atoms with Crippen LogP contribution in [0.4, 0.5) is 5.69 Å². The van der Waals surface area contributed by atoms with Crippen LogP contribution in [0.2, 0.25) is 0 Å². The van der Waals surface area contributed by atoms with Crippen molar-refractivity contribution in [3.8, 4) is 0 Å². The number of carbonyl (C=O) groups is 1. The van der Waals surface area contributed by atoms with E-state index >= 15 is 0 Å². The van der Waals surface area contributed by atoms with E-state index in [1.54, 1.807) is 4.68 Å². The molecule has 0 aliphatic carbocycles. The average Bonchev–Trinajstić information content (AvgIpc) is 2.96. The van der Waals surface area contributed by atoms with Gasteiger partial charge in [0, 0.05) is 44.0 Å². The van der Waals surface area contributed by atoms with Crippen molar-refractivity contribution >= 4 is 11.6 Å². The molecule has 1 aliphatic rings. The maximum atomic E-state index is 12.1. The molecule has 0 atom stereocenters. The Kier molecular flexibility index (Phi) is 3.27. The van der Waals surface area contributed by atoms with Crippen LogP contribution >= 0.6 is 0 Å². The van der Waals surface area contributed by atoms with Gasteiger partial charge in [-0.2, -0.15) is 10.2 Å². The van der Waals surface area contributed by atoms with Gasteiger partial charge in [-0.3, -0.25) is 19.5 Å². The number of hydrogen-bond acceptors (Lipinski definition) is 4. The van der Waals surface area contributed by atoms with Crippen molar-refractivity contribution in [2.45, 2.75) is 19.9 Å². The van der Waals surface area contributed by atoms with Gasteiger partial charge >= 0.3 is 0 Å². The fourth-order valence-corrected chi connectivity index (χ4v) is 2.53. The van der Waals surface area contributed by atoms with Gasteiger partial charge in [0.2, 0.25) is 5.91 Å². The Balaban J connectivity index is 1.59. The Morgan fingerprint density at radius 2 is 2.40 bits per heavy atom. The lowest BCUT2D eigenvalue weighted by atomic mass is 10.1. The summed E-state index contributed by atoms with van der Waals surface area (Å²) in [7, 11) is 1.84. The average molecular weight is 274 g/mol. The largest absolute Gasteiger partial charge is 0.322 e. The maximum Gasteiger partial charge on any atom is 0.238 e. The van der Waals surface area contributed by atoms with Gasteiger partial charge in [-0.15, -0.1) is 0 Å². The van der Waals surface area contributed by atoms with Gasteiger partial charge in [-0.1, -0.05) is 0 Å². The number of aryl methyl sites for hydroxylation is 2. The van der Waals surface area contributed by atoms with E-state index in [1.165, 1.54) is 11.3 Å². The lowest BCUT2D eigenvalue weighted by Gasteiger charge is -2.25. The molecule has 2 aromatic heterocycles. The van der Waals surface area contributed by atoms with Crippen LogP contribution < -0.4 is 5.32 Å². The van der Waals surface area contributed by atoms with Crippen LogP contribution in [0.5, 0.6) is 0 Å². The standard InChI is InChI=1S/C13H18N6O/c1-9-12(7-18(2)17-9)15-13(20)8-19-4-3-11-10(6-19)5-14-16-11/h5,7H,3-4,6,8H2,1-2H3,(H,14,16)(H,15,20). The molecule has 0 fully saturated rings. The monoisotopic (exact) mass is 274 g/mol. The van der Waals surface area contributed by atoms with Crippen molar-refractivity contribution in [1.82, 2.24) is 24.9 Å². The molecule has 2 aromatic rings. The minimum Gasteiger partial charge on any atom is -0.322 e. The van der Waals surface area contributed by atoms with Crippen molar-refractivity contribution in [2.24, 2.45) is 7.05 Å². The Bertz CT molecular complexity index is 629. The van der Waals surface area contributed by atoms with Crippen LogP contribution in [0.3, 0.4) is 0 Å². The van der Waals surface area contributed by atoms with Crippen LogP contribution in [0.1, 0.15) is 17.0 Å². The van der Waals surface area contributed by atoms with E-state index in [-0.39, 0.29) is 5.91 Å². The van der Waals surface area contributed by atoms with Crippen molar-refractivity contribution in [2.75, 3.05) is 18.4 Å². The fraction of sp³-hybridized carbons (Fsp3) is 0.462. The van der Waals surface area contributed by atoms with E-state index in [9.17, 15) is 4.79 Å². The minimum absolute atomic E-state index is 0.00644. The highest BCUT2D eigenvalue weighted by molar-refractivity contribution is 5.92. The quantitative estimate of drug-likeness (QED) is 0.851. The van der Waals surface area contributed by atoms with Crippen molar-refractivity contribution in [3.05, 3.63) is 29.3 Å². The number of anilines is 1. The first-order valence-electron chi connectivity index (χ1n) is 6.65. The topological polar surface area (TPSA) is 78.8 Å². The highest BCUT2D eigenvalue weighted by Gasteiger charge is 2.20. The van der Waals surface area contributed by atoms with Crippen molar-refractivity contribution in [1.29, 1.82) is 0 Å². The van der Waals surface area contributed by atoms with Gasteiger partial charge < -0.3 is 5.32 Å². The molecule has 0 unspecified atom stereocenters. The third-order valence-corrected chi connectivity index (χ3v) is 3.53. The first kappa shape index (κ1) is 12.9. The van der Waals surface area contributed by atoms with E-state index in [0.717, 1.165) is 30.9 Å². The number of H-pyrrole nitrogens is 1. The summed E-state index contributed by atoms with van der Waals surface area (Å²) < 4.78 is 1.70. The molecule has 106 valence electrons. The Morgan fingerprint density at radius 1 is 1.55 bits per heavy atom. The van der Waals surface area contributed by atoms with E-state index in [1.807, 2.05) is 26.4 Å². The molecule has 0 spiro atoms. The molecule has 0 saturated heterocycles. The normalized spacial score (nSPS) is 15.1. The molecule has 7 nitrogen and oxygen atoms in total. The second-order valence-corrected chi connectivity index (χ2v) is 5.18. The predicted molar refractivity (Wildman–Crippen MR) is 74.1 cm³/mol. The number of amides is 1. The summed E-state index contributed by atoms with van der Waals surface area (Å²) in [5, 5.41) is 14.1. The molecular weight excluding hydrogens is 256 g/mol. The number of nitrogens with zero attached hydrogens (tertiary/aromatic N) is 4. The molecule has 0 bridgehead atoms. The van der Waals surface area contributed by atoms with Crippen molar-refractivity contribution in [3.63, 3.8) is 0 Å². The molecule has 3 heterocycles. The molecule has 0 saturated carbocycles. The van der Waals surface area contributed by atoms with Crippen LogP contribution in [-0.4, -0.2) is 43.9 Å². The zero-order chi connectivity index (χ0) is 14.1. The van der Waals surface area contributed by atoms with E-state index in [4.69, 9.17) is 0 Å². The lowest BCUT2D eigenvalue weighted by molar-refractivity contribution is -0.117. The summed E-state index contributed by atoms with van der Waals surface area (Å²) in [4.78, 5) is 14.2. The number of carbonyl (C=O) groups excluding carboxylic acids is 1. The van der Waals surface area contributed by atoms with Gasteiger partial charge in [-0.05, 0) is 6.92 Å². The summed E-state index contributed by atoms with van der Waals surface area (Å²) in [5.41, 5.74) is 3.97. The number of nitrogens with one attached hydrogen (secondary N) is 2. The fourth-order valence-electron chi connectivity index (χ4n) is 2.53. The summed E-state index contributed by atoms with van der Waals surface area (Å²) >= 11 is 0. The number of fused-ring (bicyclic) bond motifs is 1. The maximum absolute atomic E-state index is 12.1. The molecule has 2 N–H and O–H groups in total. The number of aromatic nitrogens is 4. The molecule has 1 aliphatic heterocycles. The zero-order valence-electron chi connectivity index (χ0n) is 11.7. The molecular formula is C13H18N6O. The van der Waals surface area contributed by atoms with E-state index in [0.29, 0.717) is 6.54 Å². The second kappa shape index (κ2) is 5.09. The van der Waals surface area contributed by atoms with Gasteiger partial charge in [0.15, 0.2) is 0 Å². The third-order valence-electron chi connectivity index (χ3n) is 3.53. The second-order valence-electron chi connectivity index (χ2n) is 5.18.